The molecule has 136 valence electrons. The van der Waals surface area contributed by atoms with Gasteiger partial charge in [0.25, 0.3) is 0 Å². The average Bonchev–Trinajstić information content (AvgIpc) is 3.08. The molecule has 1 atom stereocenters. The van der Waals surface area contributed by atoms with Gasteiger partial charge in [0.05, 0.1) is 30.6 Å². The van der Waals surface area contributed by atoms with Crippen LogP contribution in [0.5, 0.6) is 0 Å². The lowest BCUT2D eigenvalue weighted by Crippen LogP contribution is -2.58. The fourth-order valence-electron chi connectivity index (χ4n) is 5.25. The van der Waals surface area contributed by atoms with Gasteiger partial charge in [-0.15, -0.1) is 5.10 Å². The Morgan fingerprint density at radius 1 is 1.48 bits per heavy atom. The number of rotatable bonds is 6. The van der Waals surface area contributed by atoms with E-state index in [1.165, 1.54) is 0 Å². The zero-order valence-electron chi connectivity index (χ0n) is 14.6. The van der Waals surface area contributed by atoms with Crippen LogP contribution in [0.2, 0.25) is 0 Å². The SMILES string of the molecule is CCOC(=O)C12CC(Cn3cc([C@H](O)C4CC4)nn3)(C1)OC21CCC1. The molecule has 0 radical (unpaired) electrons. The number of aliphatic hydroxyl groups excluding tert-OH is 1. The van der Waals surface area contributed by atoms with Gasteiger partial charge in [-0.3, -0.25) is 4.79 Å². The van der Waals surface area contributed by atoms with Crippen molar-refractivity contribution in [3.05, 3.63) is 11.9 Å². The summed E-state index contributed by atoms with van der Waals surface area (Å²) in [5.74, 6) is 0.246. The lowest BCUT2D eigenvalue weighted by Gasteiger charge is -2.49. The summed E-state index contributed by atoms with van der Waals surface area (Å²) >= 11 is 0. The molecule has 0 amide bonds. The average molecular weight is 347 g/mol. The summed E-state index contributed by atoms with van der Waals surface area (Å²) in [6.45, 7) is 2.85. The van der Waals surface area contributed by atoms with Gasteiger partial charge in [-0.1, -0.05) is 5.21 Å². The van der Waals surface area contributed by atoms with Crippen molar-refractivity contribution in [3.63, 3.8) is 0 Å². The fraction of sp³-hybridized carbons (Fsp3) is 0.833. The molecule has 0 unspecified atom stereocenters. The van der Waals surface area contributed by atoms with Gasteiger partial charge in [0.1, 0.15) is 17.2 Å². The lowest BCUT2D eigenvalue weighted by atomic mass is 9.51. The molecular formula is C18H25N3O4. The third kappa shape index (κ3) is 2.08. The van der Waals surface area contributed by atoms with Crippen LogP contribution in [-0.4, -0.2) is 43.9 Å². The topological polar surface area (TPSA) is 86.5 Å². The summed E-state index contributed by atoms with van der Waals surface area (Å²) in [7, 11) is 0. The maximum atomic E-state index is 12.6. The molecule has 3 aliphatic carbocycles. The molecule has 1 aromatic rings. The van der Waals surface area contributed by atoms with Crippen LogP contribution >= 0.6 is 0 Å². The third-order valence-electron chi connectivity index (χ3n) is 6.74. The quantitative estimate of drug-likeness (QED) is 0.789. The van der Waals surface area contributed by atoms with Gasteiger partial charge in [-0.25, -0.2) is 4.68 Å². The monoisotopic (exact) mass is 347 g/mol. The van der Waals surface area contributed by atoms with Gasteiger partial charge in [0.2, 0.25) is 0 Å². The maximum absolute atomic E-state index is 12.6. The fourth-order valence-corrected chi connectivity index (χ4v) is 5.25. The number of nitrogens with zero attached hydrogens (tertiary/aromatic N) is 3. The van der Waals surface area contributed by atoms with Gasteiger partial charge in [0.15, 0.2) is 0 Å². The van der Waals surface area contributed by atoms with E-state index in [0.717, 1.165) is 32.1 Å². The first-order chi connectivity index (χ1) is 12.0. The number of ether oxygens (including phenoxy) is 2. The number of carbonyl (C=O) groups excluding carboxylic acids is 1. The van der Waals surface area contributed by atoms with Gasteiger partial charge < -0.3 is 14.6 Å². The molecule has 3 heterocycles. The van der Waals surface area contributed by atoms with Crippen molar-refractivity contribution in [2.24, 2.45) is 11.3 Å². The Balaban J connectivity index is 1.34. The molecule has 6 rings (SSSR count). The largest absolute Gasteiger partial charge is 0.465 e. The van der Waals surface area contributed by atoms with E-state index in [1.807, 2.05) is 13.1 Å². The van der Waals surface area contributed by atoms with Crippen molar-refractivity contribution in [2.75, 3.05) is 6.61 Å². The predicted molar refractivity (Wildman–Crippen MR) is 86.4 cm³/mol. The molecule has 1 spiro atoms. The molecule has 7 nitrogen and oxygen atoms in total. The lowest BCUT2D eigenvalue weighted by molar-refractivity contribution is -0.170. The molecule has 2 aliphatic heterocycles. The van der Waals surface area contributed by atoms with Crippen LogP contribution in [0.4, 0.5) is 0 Å². The molecule has 5 fully saturated rings. The number of hydrogen-bond donors (Lipinski definition) is 1. The van der Waals surface area contributed by atoms with Crippen molar-refractivity contribution in [2.45, 2.75) is 75.7 Å². The zero-order chi connectivity index (χ0) is 17.3. The van der Waals surface area contributed by atoms with E-state index < -0.39 is 11.5 Å². The van der Waals surface area contributed by atoms with E-state index >= 15 is 0 Å². The molecule has 2 bridgehead atoms. The number of hydrogen-bond acceptors (Lipinski definition) is 6. The van der Waals surface area contributed by atoms with Crippen molar-refractivity contribution >= 4 is 5.97 Å². The van der Waals surface area contributed by atoms with Gasteiger partial charge >= 0.3 is 5.97 Å². The van der Waals surface area contributed by atoms with Crippen LogP contribution in [0.15, 0.2) is 6.20 Å². The van der Waals surface area contributed by atoms with Crippen molar-refractivity contribution in [3.8, 4) is 0 Å². The highest BCUT2D eigenvalue weighted by molar-refractivity contribution is 5.82. The van der Waals surface area contributed by atoms with Crippen molar-refractivity contribution in [1.82, 2.24) is 15.0 Å². The van der Waals surface area contributed by atoms with Gasteiger partial charge in [-0.2, -0.15) is 0 Å². The standard InChI is InChI=1S/C18H25N3O4/c1-2-24-15(23)17-9-16(10-17,25-18(17)6-3-7-18)11-21-8-13(19-20-21)14(22)12-4-5-12/h8,12,14,22H,2-7,9-11H2,1H3/t14-,16?,17?/m1/s1. The third-order valence-corrected chi connectivity index (χ3v) is 6.74. The van der Waals surface area contributed by atoms with E-state index in [1.54, 1.807) is 4.68 Å². The second-order valence-corrected chi connectivity index (χ2v) is 8.41. The highest BCUT2D eigenvalue weighted by atomic mass is 16.6. The van der Waals surface area contributed by atoms with Crippen molar-refractivity contribution in [1.29, 1.82) is 0 Å². The Morgan fingerprint density at radius 2 is 2.24 bits per heavy atom. The molecule has 1 aromatic heterocycles. The molecule has 2 saturated heterocycles. The van der Waals surface area contributed by atoms with Crippen LogP contribution in [0, 0.1) is 11.3 Å². The highest BCUT2D eigenvalue weighted by Crippen LogP contribution is 2.72. The van der Waals surface area contributed by atoms with E-state index in [-0.39, 0.29) is 17.2 Å². The molecule has 3 saturated carbocycles. The summed E-state index contributed by atoms with van der Waals surface area (Å²) in [6, 6.07) is 0. The van der Waals surface area contributed by atoms with E-state index in [9.17, 15) is 9.90 Å². The van der Waals surface area contributed by atoms with E-state index in [4.69, 9.17) is 9.47 Å². The number of esters is 1. The predicted octanol–water partition coefficient (Wildman–Crippen LogP) is 1.76. The summed E-state index contributed by atoms with van der Waals surface area (Å²) in [5.41, 5.74) is -0.483. The number of aliphatic hydroxyl groups is 1. The minimum absolute atomic E-state index is 0.0914. The summed E-state index contributed by atoms with van der Waals surface area (Å²) < 4.78 is 13.6. The molecule has 1 N–H and O–H groups in total. The van der Waals surface area contributed by atoms with Crippen LogP contribution in [-0.2, 0) is 20.8 Å². The minimum atomic E-state index is -0.506. The first-order valence-electron chi connectivity index (χ1n) is 9.47. The summed E-state index contributed by atoms with van der Waals surface area (Å²) in [5, 5.41) is 18.5. The molecule has 7 heteroatoms. The Labute approximate surface area is 146 Å². The Kier molecular flexibility index (Phi) is 3.18. The van der Waals surface area contributed by atoms with E-state index in [2.05, 4.69) is 10.3 Å². The van der Waals surface area contributed by atoms with Crippen molar-refractivity contribution < 1.29 is 19.4 Å². The smallest absolute Gasteiger partial charge is 0.315 e. The van der Waals surface area contributed by atoms with Crippen LogP contribution in [0.25, 0.3) is 0 Å². The number of aromatic nitrogens is 3. The molecular weight excluding hydrogens is 322 g/mol. The van der Waals surface area contributed by atoms with Crippen LogP contribution < -0.4 is 0 Å². The number of carbonyl (C=O) groups is 1. The second-order valence-electron chi connectivity index (χ2n) is 8.41. The van der Waals surface area contributed by atoms with Gasteiger partial charge in [0, 0.05) is 0 Å². The zero-order valence-corrected chi connectivity index (χ0v) is 14.6. The van der Waals surface area contributed by atoms with Crippen LogP contribution in [0.3, 0.4) is 0 Å². The first kappa shape index (κ1) is 15.8. The van der Waals surface area contributed by atoms with Gasteiger partial charge in [-0.05, 0) is 57.8 Å². The highest BCUT2D eigenvalue weighted by Gasteiger charge is 2.80. The second kappa shape index (κ2) is 5.04. The first-order valence-corrected chi connectivity index (χ1v) is 9.47. The van der Waals surface area contributed by atoms with Crippen LogP contribution in [0.1, 0.15) is 63.7 Å². The molecule has 25 heavy (non-hydrogen) atoms. The summed E-state index contributed by atoms with van der Waals surface area (Å²) in [6.07, 6.45) is 7.85. The minimum Gasteiger partial charge on any atom is -0.465 e. The Bertz CT molecular complexity index is 701. The normalized spacial score (nSPS) is 35.9. The molecule has 5 aliphatic rings. The maximum Gasteiger partial charge on any atom is 0.315 e. The summed E-state index contributed by atoms with van der Waals surface area (Å²) in [4.78, 5) is 12.6. The van der Waals surface area contributed by atoms with E-state index in [0.29, 0.717) is 37.6 Å². The molecule has 0 aromatic carbocycles. The Morgan fingerprint density at radius 3 is 2.84 bits per heavy atom. The Hall–Kier alpha value is -1.47.